The molecule has 0 saturated heterocycles. The molecule has 0 unspecified atom stereocenters. The maximum atomic E-state index is 12.5. The van der Waals surface area contributed by atoms with Gasteiger partial charge >= 0.3 is 0 Å². The molecule has 3 rings (SSSR count). The Labute approximate surface area is 165 Å². The third kappa shape index (κ3) is 4.82. The molecule has 0 atom stereocenters. The minimum absolute atomic E-state index is 0.0363. The van der Waals surface area contributed by atoms with Crippen LogP contribution < -0.4 is 14.2 Å². The fourth-order valence-electron chi connectivity index (χ4n) is 2.79. The van der Waals surface area contributed by atoms with E-state index in [2.05, 4.69) is 9.71 Å². The number of benzene rings is 1. The number of nitrogens with zero attached hydrogens (tertiary/aromatic N) is 2. The molecule has 150 valence electrons. The number of sulfonamides is 1. The minimum atomic E-state index is -3.59. The van der Waals surface area contributed by atoms with Crippen molar-refractivity contribution in [1.82, 2.24) is 14.1 Å². The van der Waals surface area contributed by atoms with E-state index in [9.17, 15) is 8.42 Å². The van der Waals surface area contributed by atoms with Crippen molar-refractivity contribution in [2.75, 3.05) is 13.2 Å². The average Bonchev–Trinajstić information content (AvgIpc) is 3.06. The smallest absolute Gasteiger partial charge is 0.240 e. The van der Waals surface area contributed by atoms with Crippen molar-refractivity contribution >= 4 is 15.7 Å². The van der Waals surface area contributed by atoms with Crippen LogP contribution in [-0.2, 0) is 16.4 Å². The monoisotopic (exact) mass is 403 g/mol. The van der Waals surface area contributed by atoms with Gasteiger partial charge in [-0.3, -0.25) is 0 Å². The first-order chi connectivity index (χ1) is 13.4. The van der Waals surface area contributed by atoms with Crippen molar-refractivity contribution in [3.63, 3.8) is 0 Å². The maximum absolute atomic E-state index is 12.5. The maximum Gasteiger partial charge on any atom is 0.240 e. The summed E-state index contributed by atoms with van der Waals surface area (Å²) in [5, 5.41) is 0. The van der Waals surface area contributed by atoms with Crippen LogP contribution in [0.1, 0.15) is 26.5 Å². The fourth-order valence-corrected chi connectivity index (χ4v) is 3.82. The van der Waals surface area contributed by atoms with Gasteiger partial charge in [0.05, 0.1) is 23.3 Å². The highest BCUT2D eigenvalue weighted by atomic mass is 32.2. The van der Waals surface area contributed by atoms with E-state index in [0.29, 0.717) is 24.5 Å². The molecule has 8 heteroatoms. The lowest BCUT2D eigenvalue weighted by molar-refractivity contribution is 0.242. The van der Waals surface area contributed by atoms with Crippen molar-refractivity contribution in [2.45, 2.75) is 38.2 Å². The molecule has 1 aromatic carbocycles. The first-order valence-electron chi connectivity index (χ1n) is 9.25. The second kappa shape index (κ2) is 8.62. The van der Waals surface area contributed by atoms with Gasteiger partial charge in [0.15, 0.2) is 11.4 Å². The summed E-state index contributed by atoms with van der Waals surface area (Å²) < 4.78 is 40.6. The molecule has 0 saturated carbocycles. The summed E-state index contributed by atoms with van der Waals surface area (Å²) in [6.07, 6.45) is 4.28. The molecular weight excluding hydrogens is 378 g/mol. The summed E-state index contributed by atoms with van der Waals surface area (Å²) in [6.45, 7) is 6.57. The van der Waals surface area contributed by atoms with E-state index in [-0.39, 0.29) is 17.5 Å². The molecule has 0 amide bonds. The van der Waals surface area contributed by atoms with E-state index >= 15 is 0 Å². The first kappa shape index (κ1) is 20.2. The highest BCUT2D eigenvalue weighted by molar-refractivity contribution is 7.89. The largest absolute Gasteiger partial charge is 0.491 e. The van der Waals surface area contributed by atoms with Crippen LogP contribution in [0.3, 0.4) is 0 Å². The Balaban J connectivity index is 1.63. The summed E-state index contributed by atoms with van der Waals surface area (Å²) in [7, 11) is -3.59. The predicted molar refractivity (Wildman–Crippen MR) is 107 cm³/mol. The third-order valence-electron chi connectivity index (χ3n) is 3.98. The second-order valence-electron chi connectivity index (χ2n) is 6.55. The molecule has 0 spiro atoms. The van der Waals surface area contributed by atoms with Gasteiger partial charge in [0.2, 0.25) is 10.0 Å². The van der Waals surface area contributed by atoms with Gasteiger partial charge in [-0.15, -0.1) is 0 Å². The van der Waals surface area contributed by atoms with E-state index in [0.717, 1.165) is 11.3 Å². The third-order valence-corrected chi connectivity index (χ3v) is 5.45. The summed E-state index contributed by atoms with van der Waals surface area (Å²) >= 11 is 0. The number of hydrogen-bond acceptors (Lipinski definition) is 5. The number of imidazole rings is 1. The highest BCUT2D eigenvalue weighted by Gasteiger charge is 2.14. The molecule has 28 heavy (non-hydrogen) atoms. The summed E-state index contributed by atoms with van der Waals surface area (Å²) in [4.78, 5) is 4.76. The molecule has 1 N–H and O–H groups in total. The zero-order valence-corrected chi connectivity index (χ0v) is 17.1. The van der Waals surface area contributed by atoms with Gasteiger partial charge in [0.1, 0.15) is 5.75 Å². The second-order valence-corrected chi connectivity index (χ2v) is 8.32. The Morgan fingerprint density at radius 1 is 1.18 bits per heavy atom. The van der Waals surface area contributed by atoms with Crippen LogP contribution in [0.4, 0.5) is 0 Å². The summed E-state index contributed by atoms with van der Waals surface area (Å²) in [5.74, 6) is 1.35. The topological polar surface area (TPSA) is 81.9 Å². The standard InChI is InChI=1S/C20H25N3O4S/c1-4-26-19-6-5-13-23-14-16(22-20(19)23)11-12-21-28(24,25)18-9-7-17(8-10-18)27-15(2)3/h5-10,13-15,21H,4,11-12H2,1-3H3. The van der Waals surface area contributed by atoms with Gasteiger partial charge in [-0.2, -0.15) is 0 Å². The zero-order valence-electron chi connectivity index (χ0n) is 16.3. The van der Waals surface area contributed by atoms with E-state index in [1.54, 1.807) is 24.3 Å². The number of rotatable bonds is 9. The molecule has 2 heterocycles. The predicted octanol–water partition coefficient (Wildman–Crippen LogP) is 3.04. The van der Waals surface area contributed by atoms with Gasteiger partial charge in [0.25, 0.3) is 0 Å². The van der Waals surface area contributed by atoms with Crippen molar-refractivity contribution in [1.29, 1.82) is 0 Å². The van der Waals surface area contributed by atoms with Gasteiger partial charge in [-0.25, -0.2) is 18.1 Å². The number of nitrogens with one attached hydrogen (secondary N) is 1. The average molecular weight is 404 g/mol. The Morgan fingerprint density at radius 3 is 2.61 bits per heavy atom. The van der Waals surface area contributed by atoms with Gasteiger partial charge < -0.3 is 13.9 Å². The minimum Gasteiger partial charge on any atom is -0.491 e. The molecule has 0 aliphatic rings. The van der Waals surface area contributed by atoms with E-state index in [1.807, 2.05) is 49.7 Å². The Morgan fingerprint density at radius 2 is 1.93 bits per heavy atom. The molecule has 7 nitrogen and oxygen atoms in total. The van der Waals surface area contributed by atoms with Crippen LogP contribution in [0, 0.1) is 0 Å². The Kier molecular flexibility index (Phi) is 6.21. The lowest BCUT2D eigenvalue weighted by atomic mass is 10.3. The van der Waals surface area contributed by atoms with E-state index in [4.69, 9.17) is 9.47 Å². The Hall–Kier alpha value is -2.58. The van der Waals surface area contributed by atoms with Crippen molar-refractivity contribution in [3.8, 4) is 11.5 Å². The zero-order chi connectivity index (χ0) is 20.1. The summed E-state index contributed by atoms with van der Waals surface area (Å²) in [5.41, 5.74) is 1.51. The molecule has 3 aromatic rings. The number of fused-ring (bicyclic) bond motifs is 1. The number of pyridine rings is 1. The molecule has 0 aliphatic heterocycles. The van der Waals surface area contributed by atoms with Crippen LogP contribution in [0.25, 0.3) is 5.65 Å². The van der Waals surface area contributed by atoms with Crippen molar-refractivity contribution in [3.05, 3.63) is 54.5 Å². The van der Waals surface area contributed by atoms with Crippen LogP contribution in [0.15, 0.2) is 53.7 Å². The molecular formula is C20H25N3O4S. The van der Waals surface area contributed by atoms with Gasteiger partial charge in [0, 0.05) is 25.4 Å². The van der Waals surface area contributed by atoms with Gasteiger partial charge in [-0.1, -0.05) is 0 Å². The van der Waals surface area contributed by atoms with Gasteiger partial charge in [-0.05, 0) is 57.2 Å². The van der Waals surface area contributed by atoms with Crippen molar-refractivity contribution in [2.24, 2.45) is 0 Å². The van der Waals surface area contributed by atoms with E-state index in [1.165, 1.54) is 0 Å². The molecule has 2 aromatic heterocycles. The number of aromatic nitrogens is 2. The van der Waals surface area contributed by atoms with Crippen LogP contribution in [0.2, 0.25) is 0 Å². The molecule has 0 bridgehead atoms. The summed E-state index contributed by atoms with van der Waals surface area (Å²) in [6, 6.07) is 10.2. The number of hydrogen-bond donors (Lipinski definition) is 1. The lowest BCUT2D eigenvalue weighted by Crippen LogP contribution is -2.26. The normalized spacial score (nSPS) is 11.9. The molecule has 0 aliphatic carbocycles. The van der Waals surface area contributed by atoms with Crippen molar-refractivity contribution < 1.29 is 17.9 Å². The quantitative estimate of drug-likeness (QED) is 0.594. The van der Waals surface area contributed by atoms with Crippen LogP contribution in [-0.4, -0.2) is 37.1 Å². The Bertz CT molecular complexity index is 1030. The fraction of sp³-hybridized carbons (Fsp3) is 0.350. The molecule has 0 radical (unpaired) electrons. The van der Waals surface area contributed by atoms with E-state index < -0.39 is 10.0 Å². The van der Waals surface area contributed by atoms with Crippen LogP contribution >= 0.6 is 0 Å². The SMILES string of the molecule is CCOc1cccn2cc(CCNS(=O)(=O)c3ccc(OC(C)C)cc3)nc12. The first-order valence-corrected chi connectivity index (χ1v) is 10.7. The highest BCUT2D eigenvalue weighted by Crippen LogP contribution is 2.19. The number of ether oxygens (including phenoxy) is 2. The molecule has 0 fully saturated rings. The van der Waals surface area contributed by atoms with Crippen LogP contribution in [0.5, 0.6) is 11.5 Å². The lowest BCUT2D eigenvalue weighted by Gasteiger charge is -2.10.